The number of nitrogens with zero attached hydrogens (tertiary/aromatic N) is 2. The van der Waals surface area contributed by atoms with Gasteiger partial charge in [0.05, 0.1) is 44.2 Å². The van der Waals surface area contributed by atoms with Crippen LogP contribution in [0.1, 0.15) is 6.92 Å². The number of amides is 1. The second-order valence-electron chi connectivity index (χ2n) is 6.06. The van der Waals surface area contributed by atoms with Crippen LogP contribution in [0.2, 0.25) is 10.0 Å². The Morgan fingerprint density at radius 3 is 1.94 bits per heavy atom. The second-order valence-corrected chi connectivity index (χ2v) is 6.88. The van der Waals surface area contributed by atoms with Crippen molar-refractivity contribution in [1.82, 2.24) is 0 Å². The Kier molecular flexibility index (Phi) is 8.47. The van der Waals surface area contributed by atoms with E-state index in [1.165, 1.54) is 59.6 Å². The van der Waals surface area contributed by atoms with Crippen LogP contribution in [0.5, 0.6) is 23.0 Å². The number of hydrogen-bond donors (Lipinski definition) is 1. The van der Waals surface area contributed by atoms with E-state index in [0.29, 0.717) is 22.3 Å². The SMILES string of the molecule is COc1cc(NC(=O)C(N=Nc2cc(Cl)c(OC)cc2OC)C(C)=O)c(OC)cc1Cl. The van der Waals surface area contributed by atoms with Gasteiger partial charge in [-0.2, -0.15) is 10.2 Å². The number of carbonyl (C=O) groups is 2. The van der Waals surface area contributed by atoms with Crippen LogP contribution in [0.3, 0.4) is 0 Å². The summed E-state index contributed by atoms with van der Waals surface area (Å²) in [7, 11) is 5.73. The fourth-order valence-electron chi connectivity index (χ4n) is 2.52. The largest absolute Gasteiger partial charge is 0.495 e. The number of benzene rings is 2. The van der Waals surface area contributed by atoms with Crippen LogP contribution in [0.15, 0.2) is 34.5 Å². The molecule has 0 saturated heterocycles. The third kappa shape index (κ3) is 5.77. The van der Waals surface area contributed by atoms with Gasteiger partial charge >= 0.3 is 0 Å². The summed E-state index contributed by atoms with van der Waals surface area (Å²) in [5.74, 6) is 0.0227. The van der Waals surface area contributed by atoms with Crippen LogP contribution in [-0.4, -0.2) is 46.2 Å². The van der Waals surface area contributed by atoms with Gasteiger partial charge in [-0.1, -0.05) is 23.2 Å². The molecular formula is C20H21Cl2N3O6. The lowest BCUT2D eigenvalue weighted by molar-refractivity contribution is -0.126. The number of ether oxygens (including phenoxy) is 4. The molecule has 0 aromatic heterocycles. The van der Waals surface area contributed by atoms with E-state index in [-0.39, 0.29) is 22.1 Å². The molecule has 31 heavy (non-hydrogen) atoms. The van der Waals surface area contributed by atoms with E-state index in [0.717, 1.165) is 0 Å². The van der Waals surface area contributed by atoms with Crippen molar-refractivity contribution >= 4 is 46.3 Å². The number of hydrogen-bond acceptors (Lipinski definition) is 8. The maximum Gasteiger partial charge on any atom is 0.258 e. The van der Waals surface area contributed by atoms with E-state index in [4.69, 9.17) is 42.1 Å². The molecule has 11 heteroatoms. The van der Waals surface area contributed by atoms with Crippen LogP contribution in [0.25, 0.3) is 0 Å². The van der Waals surface area contributed by atoms with Crippen molar-refractivity contribution in [3.05, 3.63) is 34.3 Å². The van der Waals surface area contributed by atoms with E-state index < -0.39 is 17.7 Å². The first-order valence-corrected chi connectivity index (χ1v) is 9.56. The number of nitrogens with one attached hydrogen (secondary N) is 1. The number of azo groups is 1. The molecule has 2 aromatic rings. The van der Waals surface area contributed by atoms with Crippen molar-refractivity contribution < 1.29 is 28.5 Å². The highest BCUT2D eigenvalue weighted by Crippen LogP contribution is 2.38. The number of Topliss-reactive ketones (excluding diaryl/α,β-unsaturated/α-hetero) is 1. The molecule has 0 bridgehead atoms. The van der Waals surface area contributed by atoms with Gasteiger partial charge < -0.3 is 24.3 Å². The minimum absolute atomic E-state index is 0.220. The average Bonchev–Trinajstić information content (AvgIpc) is 2.74. The zero-order valence-corrected chi connectivity index (χ0v) is 19.0. The Morgan fingerprint density at radius 1 is 0.839 bits per heavy atom. The predicted octanol–water partition coefficient (Wildman–Crippen LogP) is 4.71. The van der Waals surface area contributed by atoms with Crippen LogP contribution < -0.4 is 24.3 Å². The Balaban J connectivity index is 2.35. The van der Waals surface area contributed by atoms with Crippen LogP contribution in [0.4, 0.5) is 11.4 Å². The molecule has 2 aromatic carbocycles. The summed E-state index contributed by atoms with van der Waals surface area (Å²) in [6.07, 6.45) is 0. The number of rotatable bonds is 9. The average molecular weight is 470 g/mol. The van der Waals surface area contributed by atoms with Gasteiger partial charge in [-0.3, -0.25) is 9.59 Å². The van der Waals surface area contributed by atoms with E-state index in [1.807, 2.05) is 0 Å². The highest BCUT2D eigenvalue weighted by molar-refractivity contribution is 6.32. The summed E-state index contributed by atoms with van der Waals surface area (Å²) in [6, 6.07) is 4.48. The molecule has 1 atom stereocenters. The molecule has 1 amide bonds. The first kappa shape index (κ1) is 24.2. The van der Waals surface area contributed by atoms with Crippen molar-refractivity contribution in [2.24, 2.45) is 10.2 Å². The normalized spacial score (nSPS) is 11.7. The Labute approximate surface area is 189 Å². The molecule has 0 radical (unpaired) electrons. The van der Waals surface area contributed by atoms with Gasteiger partial charge in [0, 0.05) is 18.2 Å². The van der Waals surface area contributed by atoms with Crippen molar-refractivity contribution in [2.75, 3.05) is 33.8 Å². The third-order valence-corrected chi connectivity index (χ3v) is 4.69. The monoisotopic (exact) mass is 469 g/mol. The molecule has 0 aliphatic carbocycles. The fraction of sp³-hybridized carbons (Fsp3) is 0.300. The maximum atomic E-state index is 12.8. The molecular weight excluding hydrogens is 449 g/mol. The molecule has 1 unspecified atom stereocenters. The van der Waals surface area contributed by atoms with Crippen LogP contribution in [-0.2, 0) is 9.59 Å². The minimum Gasteiger partial charge on any atom is -0.495 e. The standard InChI is InChI=1S/C20H21Cl2N3O6/c1-10(26)19(25-24-14-6-11(21)16(29-3)9-18(14)31-5)20(27)23-13-8-15(28-2)12(22)7-17(13)30-4/h6-9,19H,1-5H3,(H,23,27). The molecule has 0 fully saturated rings. The Morgan fingerprint density at radius 2 is 1.39 bits per heavy atom. The van der Waals surface area contributed by atoms with E-state index in [9.17, 15) is 9.59 Å². The van der Waals surface area contributed by atoms with E-state index in [2.05, 4.69) is 15.5 Å². The van der Waals surface area contributed by atoms with Gasteiger partial charge in [0.2, 0.25) is 6.04 Å². The third-order valence-electron chi connectivity index (χ3n) is 4.10. The van der Waals surface area contributed by atoms with Crippen molar-refractivity contribution in [3.8, 4) is 23.0 Å². The molecule has 0 saturated carbocycles. The minimum atomic E-state index is -1.43. The highest BCUT2D eigenvalue weighted by Gasteiger charge is 2.25. The summed E-state index contributed by atoms with van der Waals surface area (Å²) in [4.78, 5) is 24.8. The van der Waals surface area contributed by atoms with Gasteiger partial charge in [0.1, 0.15) is 28.7 Å². The summed E-state index contributed by atoms with van der Waals surface area (Å²) >= 11 is 12.2. The van der Waals surface area contributed by atoms with Crippen molar-refractivity contribution in [3.63, 3.8) is 0 Å². The lowest BCUT2D eigenvalue weighted by atomic mass is 10.2. The summed E-state index contributed by atoms with van der Waals surface area (Å²) in [6.45, 7) is 1.22. The lowest BCUT2D eigenvalue weighted by Gasteiger charge is -2.15. The molecule has 0 heterocycles. The molecule has 0 aliphatic rings. The van der Waals surface area contributed by atoms with Crippen molar-refractivity contribution in [2.45, 2.75) is 13.0 Å². The predicted molar refractivity (Wildman–Crippen MR) is 117 cm³/mol. The molecule has 9 nitrogen and oxygen atoms in total. The Bertz CT molecular complexity index is 1010. The molecule has 2 rings (SSSR count). The molecule has 1 N–H and O–H groups in total. The number of anilines is 1. The summed E-state index contributed by atoms with van der Waals surface area (Å²) in [5.41, 5.74) is 0.471. The fourth-order valence-corrected chi connectivity index (χ4v) is 2.99. The van der Waals surface area contributed by atoms with Crippen LogP contribution in [0, 0.1) is 0 Å². The van der Waals surface area contributed by atoms with E-state index >= 15 is 0 Å². The first-order valence-electron chi connectivity index (χ1n) is 8.80. The van der Waals surface area contributed by atoms with Gasteiger partial charge in [0.25, 0.3) is 5.91 Å². The Hall–Kier alpha value is -3.04. The number of ketones is 1. The van der Waals surface area contributed by atoms with Gasteiger partial charge in [-0.05, 0) is 13.0 Å². The highest BCUT2D eigenvalue weighted by atomic mass is 35.5. The van der Waals surface area contributed by atoms with Crippen molar-refractivity contribution in [1.29, 1.82) is 0 Å². The van der Waals surface area contributed by atoms with E-state index in [1.54, 1.807) is 0 Å². The van der Waals surface area contributed by atoms with Gasteiger partial charge in [-0.15, -0.1) is 0 Å². The smallest absolute Gasteiger partial charge is 0.258 e. The zero-order valence-electron chi connectivity index (χ0n) is 17.5. The number of methoxy groups -OCH3 is 4. The molecule has 166 valence electrons. The number of halogens is 2. The number of carbonyl (C=O) groups excluding carboxylic acids is 2. The second kappa shape index (κ2) is 10.8. The topological polar surface area (TPSA) is 108 Å². The summed E-state index contributed by atoms with van der Waals surface area (Å²) in [5, 5.41) is 11.0. The maximum absolute atomic E-state index is 12.8. The molecule has 0 spiro atoms. The lowest BCUT2D eigenvalue weighted by Crippen LogP contribution is -2.32. The quantitative estimate of drug-likeness (QED) is 0.420. The molecule has 0 aliphatic heterocycles. The zero-order chi connectivity index (χ0) is 23.1. The first-order chi connectivity index (χ1) is 14.7. The van der Waals surface area contributed by atoms with Crippen LogP contribution >= 0.6 is 23.2 Å². The summed E-state index contributed by atoms with van der Waals surface area (Å²) < 4.78 is 20.7. The van der Waals surface area contributed by atoms with Gasteiger partial charge in [0.15, 0.2) is 5.78 Å². The van der Waals surface area contributed by atoms with Gasteiger partial charge in [-0.25, -0.2) is 0 Å².